The molecule has 0 aromatic heterocycles. The third kappa shape index (κ3) is 4.03. The van der Waals surface area contributed by atoms with Crippen LogP contribution in [0.3, 0.4) is 0 Å². The molecule has 27 heavy (non-hydrogen) atoms. The van der Waals surface area contributed by atoms with Gasteiger partial charge in [0.2, 0.25) is 0 Å². The summed E-state index contributed by atoms with van der Waals surface area (Å²) in [6.07, 6.45) is 0.637. The van der Waals surface area contributed by atoms with E-state index in [1.165, 1.54) is 0 Å². The van der Waals surface area contributed by atoms with Gasteiger partial charge in [0.05, 0.1) is 18.9 Å². The number of carbonyl (C=O) groups is 1. The van der Waals surface area contributed by atoms with E-state index in [1.54, 1.807) is 12.1 Å². The Balaban J connectivity index is 1.53. The van der Waals surface area contributed by atoms with Crippen LogP contribution < -0.4 is 10.6 Å². The number of morpholine rings is 1. The molecule has 4 rings (SSSR count). The molecule has 2 aromatic carbocycles. The summed E-state index contributed by atoms with van der Waals surface area (Å²) in [5.74, 6) is -0.584. The quantitative estimate of drug-likeness (QED) is 0.870. The predicted octanol–water partition coefficient (Wildman–Crippen LogP) is 2.56. The molecular weight excluding hydrogens is 345 g/mol. The first-order valence-electron chi connectivity index (χ1n) is 9.42. The second kappa shape index (κ2) is 8.17. The number of halogens is 1. The second-order valence-corrected chi connectivity index (χ2v) is 6.99. The molecule has 0 saturated carbocycles. The van der Waals surface area contributed by atoms with Gasteiger partial charge < -0.3 is 15.4 Å². The van der Waals surface area contributed by atoms with Gasteiger partial charge in [0.15, 0.2) is 0 Å². The number of ether oxygens (including phenoxy) is 1. The van der Waals surface area contributed by atoms with Crippen LogP contribution in [0.5, 0.6) is 0 Å². The number of carbonyl (C=O) groups excluding carboxylic acids is 1. The van der Waals surface area contributed by atoms with Crippen molar-refractivity contribution >= 4 is 11.6 Å². The van der Waals surface area contributed by atoms with Gasteiger partial charge >= 0.3 is 0 Å². The summed E-state index contributed by atoms with van der Waals surface area (Å²) in [5, 5.41) is 6.01. The summed E-state index contributed by atoms with van der Waals surface area (Å²) in [4.78, 5) is 15.1. The van der Waals surface area contributed by atoms with Crippen LogP contribution in [0.25, 0.3) is 0 Å². The van der Waals surface area contributed by atoms with Crippen molar-refractivity contribution in [2.45, 2.75) is 19.5 Å². The molecule has 2 aromatic rings. The highest BCUT2D eigenvalue weighted by atomic mass is 19.1. The summed E-state index contributed by atoms with van der Waals surface area (Å²) in [6, 6.07) is 11.1. The van der Waals surface area contributed by atoms with Gasteiger partial charge in [-0.3, -0.25) is 9.69 Å². The summed E-state index contributed by atoms with van der Waals surface area (Å²) < 4.78 is 20.2. The summed E-state index contributed by atoms with van der Waals surface area (Å²) in [5.41, 5.74) is 3.45. The smallest absolute Gasteiger partial charge is 0.256 e. The van der Waals surface area contributed by atoms with Gasteiger partial charge in [0, 0.05) is 31.7 Å². The highest BCUT2D eigenvalue weighted by molar-refractivity contribution is 6.05. The lowest BCUT2D eigenvalue weighted by molar-refractivity contribution is 0.0341. The predicted molar refractivity (Wildman–Crippen MR) is 102 cm³/mol. The van der Waals surface area contributed by atoms with E-state index < -0.39 is 0 Å². The van der Waals surface area contributed by atoms with Crippen LogP contribution in [0.1, 0.15) is 27.0 Å². The fraction of sp³-hybridized carbons (Fsp3) is 0.381. The molecule has 1 saturated heterocycles. The fourth-order valence-corrected chi connectivity index (χ4v) is 3.70. The maximum absolute atomic E-state index is 14.8. The van der Waals surface area contributed by atoms with Gasteiger partial charge in [-0.2, -0.15) is 0 Å². The number of benzene rings is 2. The van der Waals surface area contributed by atoms with E-state index in [2.05, 4.69) is 15.5 Å². The average molecular weight is 369 g/mol. The number of anilines is 1. The maximum atomic E-state index is 14.8. The maximum Gasteiger partial charge on any atom is 0.256 e. The van der Waals surface area contributed by atoms with Crippen LogP contribution >= 0.6 is 0 Å². The fourth-order valence-electron chi connectivity index (χ4n) is 3.70. The Morgan fingerprint density at radius 2 is 2.00 bits per heavy atom. The van der Waals surface area contributed by atoms with E-state index in [9.17, 15) is 9.18 Å². The van der Waals surface area contributed by atoms with Crippen LogP contribution in [-0.2, 0) is 24.2 Å². The molecule has 2 N–H and O–H groups in total. The molecule has 1 amide bonds. The lowest BCUT2D eigenvalue weighted by Crippen LogP contribution is -2.36. The van der Waals surface area contributed by atoms with E-state index in [-0.39, 0.29) is 17.4 Å². The Hall–Kier alpha value is -2.28. The number of nitrogens with zero attached hydrogens (tertiary/aromatic N) is 1. The zero-order valence-corrected chi connectivity index (χ0v) is 15.3. The Morgan fingerprint density at radius 3 is 2.85 bits per heavy atom. The van der Waals surface area contributed by atoms with Gasteiger partial charge in [-0.1, -0.05) is 24.3 Å². The van der Waals surface area contributed by atoms with Gasteiger partial charge in [-0.15, -0.1) is 0 Å². The molecule has 1 fully saturated rings. The summed E-state index contributed by atoms with van der Waals surface area (Å²) in [7, 11) is 0. The van der Waals surface area contributed by atoms with Gasteiger partial charge in [-0.25, -0.2) is 4.39 Å². The van der Waals surface area contributed by atoms with E-state index in [0.717, 1.165) is 30.8 Å². The first-order chi connectivity index (χ1) is 13.2. The van der Waals surface area contributed by atoms with Crippen molar-refractivity contribution < 1.29 is 13.9 Å². The molecule has 2 aliphatic rings. The molecule has 0 spiro atoms. The van der Waals surface area contributed by atoms with E-state index in [1.807, 2.05) is 24.3 Å². The molecule has 2 heterocycles. The monoisotopic (exact) mass is 369 g/mol. The van der Waals surface area contributed by atoms with Crippen LogP contribution in [0.15, 0.2) is 36.4 Å². The van der Waals surface area contributed by atoms with Gasteiger partial charge in [0.25, 0.3) is 5.91 Å². The number of hydrogen-bond donors (Lipinski definition) is 2. The van der Waals surface area contributed by atoms with Crippen LogP contribution in [-0.4, -0.2) is 43.7 Å². The SMILES string of the molecule is O=C(Nc1ccc2c(c1F)CCNC2)c1ccccc1CN1CCOCC1. The van der Waals surface area contributed by atoms with Crippen molar-refractivity contribution in [3.8, 4) is 0 Å². The van der Waals surface area contributed by atoms with Crippen LogP contribution in [0, 0.1) is 5.82 Å². The molecule has 0 aliphatic carbocycles. The van der Waals surface area contributed by atoms with Gasteiger partial charge in [0.1, 0.15) is 5.82 Å². The molecule has 142 valence electrons. The zero-order chi connectivity index (χ0) is 18.6. The normalized spacial score (nSPS) is 17.4. The third-order valence-corrected chi connectivity index (χ3v) is 5.22. The number of rotatable bonds is 4. The third-order valence-electron chi connectivity index (χ3n) is 5.22. The summed E-state index contributed by atoms with van der Waals surface area (Å²) in [6.45, 7) is 5.23. The van der Waals surface area contributed by atoms with E-state index >= 15 is 0 Å². The van der Waals surface area contributed by atoms with Crippen molar-refractivity contribution in [2.24, 2.45) is 0 Å². The Labute approximate surface area is 158 Å². The largest absolute Gasteiger partial charge is 0.379 e. The summed E-state index contributed by atoms with van der Waals surface area (Å²) >= 11 is 0. The molecule has 5 nitrogen and oxygen atoms in total. The lowest BCUT2D eigenvalue weighted by atomic mass is 9.99. The van der Waals surface area contributed by atoms with Crippen LogP contribution in [0.4, 0.5) is 10.1 Å². The zero-order valence-electron chi connectivity index (χ0n) is 15.3. The Morgan fingerprint density at radius 1 is 1.19 bits per heavy atom. The minimum absolute atomic E-state index is 0.252. The topological polar surface area (TPSA) is 53.6 Å². The van der Waals surface area contributed by atoms with Crippen molar-refractivity contribution in [1.82, 2.24) is 10.2 Å². The van der Waals surface area contributed by atoms with Crippen LogP contribution in [0.2, 0.25) is 0 Å². The standard InChI is InChI=1S/C21H24FN3O2/c22-20-17-7-8-23-13-15(17)5-6-19(20)24-21(26)18-4-2-1-3-16(18)14-25-9-11-27-12-10-25/h1-6,23H,7-14H2,(H,24,26). The highest BCUT2D eigenvalue weighted by Crippen LogP contribution is 2.25. The molecule has 2 aliphatic heterocycles. The van der Waals surface area contributed by atoms with Crippen molar-refractivity contribution in [1.29, 1.82) is 0 Å². The molecule has 0 unspecified atom stereocenters. The first kappa shape index (κ1) is 18.1. The Kier molecular flexibility index (Phi) is 5.48. The number of nitrogens with one attached hydrogen (secondary N) is 2. The second-order valence-electron chi connectivity index (χ2n) is 6.99. The highest BCUT2D eigenvalue weighted by Gasteiger charge is 2.20. The Bertz CT molecular complexity index is 834. The van der Waals surface area contributed by atoms with E-state index in [0.29, 0.717) is 43.9 Å². The lowest BCUT2D eigenvalue weighted by Gasteiger charge is -2.27. The number of amides is 1. The molecule has 6 heteroatoms. The molecule has 0 atom stereocenters. The number of fused-ring (bicyclic) bond motifs is 1. The average Bonchev–Trinajstić information content (AvgIpc) is 2.71. The van der Waals surface area contributed by atoms with E-state index in [4.69, 9.17) is 4.74 Å². The van der Waals surface area contributed by atoms with Crippen molar-refractivity contribution in [3.63, 3.8) is 0 Å². The van der Waals surface area contributed by atoms with Crippen molar-refractivity contribution in [3.05, 3.63) is 64.5 Å². The van der Waals surface area contributed by atoms with Crippen molar-refractivity contribution in [2.75, 3.05) is 38.2 Å². The first-order valence-corrected chi connectivity index (χ1v) is 9.42. The molecule has 0 bridgehead atoms. The minimum atomic E-state index is -0.312. The molecule has 0 radical (unpaired) electrons. The molecular formula is C21H24FN3O2. The number of hydrogen-bond acceptors (Lipinski definition) is 4. The van der Waals surface area contributed by atoms with Gasteiger partial charge in [-0.05, 0) is 41.8 Å². The minimum Gasteiger partial charge on any atom is -0.379 e.